The van der Waals surface area contributed by atoms with Gasteiger partial charge < -0.3 is 4.90 Å². The van der Waals surface area contributed by atoms with Crippen LogP contribution in [0.2, 0.25) is 0 Å². The van der Waals surface area contributed by atoms with Gasteiger partial charge in [0.05, 0.1) is 5.52 Å². The van der Waals surface area contributed by atoms with E-state index in [1.807, 2.05) is 0 Å². The van der Waals surface area contributed by atoms with Crippen LogP contribution in [0.5, 0.6) is 0 Å². The predicted octanol–water partition coefficient (Wildman–Crippen LogP) is 2.59. The van der Waals surface area contributed by atoms with Crippen LogP contribution in [0.1, 0.15) is 5.56 Å². The van der Waals surface area contributed by atoms with Crippen molar-refractivity contribution in [2.45, 2.75) is 11.9 Å². The Kier molecular flexibility index (Phi) is 3.97. The highest BCUT2D eigenvalue weighted by Gasteiger charge is 2.04. The van der Waals surface area contributed by atoms with Crippen molar-refractivity contribution >= 4 is 22.7 Å². The molecule has 17 heavy (non-hydrogen) atoms. The number of hydrogen-bond donors (Lipinski definition) is 0. The van der Waals surface area contributed by atoms with Gasteiger partial charge in [-0.05, 0) is 33.2 Å². The number of thioether (sulfide) groups is 1. The molecule has 0 amide bonds. The molecule has 2 rings (SSSR count). The summed E-state index contributed by atoms with van der Waals surface area (Å²) in [4.78, 5) is 10.9. The van der Waals surface area contributed by atoms with Crippen LogP contribution >= 0.6 is 11.8 Å². The number of hydrogen-bond acceptors (Lipinski definition) is 4. The van der Waals surface area contributed by atoms with E-state index in [4.69, 9.17) is 0 Å². The summed E-state index contributed by atoms with van der Waals surface area (Å²) >= 11 is 1.79. The molecule has 0 N–H and O–H groups in total. The summed E-state index contributed by atoms with van der Waals surface area (Å²) in [5, 5.41) is 2.25. The number of aromatic nitrogens is 2. The molecule has 3 nitrogen and oxygen atoms in total. The van der Waals surface area contributed by atoms with Crippen LogP contribution in [0.4, 0.5) is 0 Å². The highest BCUT2D eigenvalue weighted by molar-refractivity contribution is 7.99. The van der Waals surface area contributed by atoms with E-state index in [9.17, 15) is 0 Å². The monoisotopic (exact) mass is 247 g/mol. The third-order valence-corrected chi connectivity index (χ3v) is 3.52. The van der Waals surface area contributed by atoms with Crippen LogP contribution in [-0.2, 0) is 0 Å². The maximum absolute atomic E-state index is 4.38. The Labute approximate surface area is 106 Å². The van der Waals surface area contributed by atoms with Gasteiger partial charge in [-0.15, -0.1) is 11.8 Å². The second kappa shape index (κ2) is 5.47. The zero-order chi connectivity index (χ0) is 12.3. The average molecular weight is 247 g/mol. The molecule has 1 heterocycles. The van der Waals surface area contributed by atoms with Gasteiger partial charge in [0, 0.05) is 17.7 Å². The van der Waals surface area contributed by atoms with Gasteiger partial charge in [0.2, 0.25) is 0 Å². The number of benzene rings is 1. The Bertz CT molecular complexity index is 511. The van der Waals surface area contributed by atoms with Gasteiger partial charge in [0.1, 0.15) is 11.4 Å². The van der Waals surface area contributed by atoms with E-state index in [0.29, 0.717) is 0 Å². The zero-order valence-electron chi connectivity index (χ0n) is 10.5. The van der Waals surface area contributed by atoms with Crippen LogP contribution in [0.25, 0.3) is 10.9 Å². The lowest BCUT2D eigenvalue weighted by molar-refractivity contribution is 0.437. The summed E-state index contributed by atoms with van der Waals surface area (Å²) in [6, 6.07) is 6.30. The Balaban J connectivity index is 2.24. The molecule has 1 aromatic heterocycles. The molecule has 2 aromatic rings. The lowest BCUT2D eigenvalue weighted by Gasteiger charge is -2.09. The molecule has 0 aliphatic heterocycles. The molecule has 0 saturated heterocycles. The van der Waals surface area contributed by atoms with Crippen molar-refractivity contribution in [1.29, 1.82) is 0 Å². The van der Waals surface area contributed by atoms with Crippen LogP contribution in [0, 0.1) is 6.92 Å². The molecular weight excluding hydrogens is 230 g/mol. The summed E-state index contributed by atoms with van der Waals surface area (Å²) in [5.74, 6) is 1.05. The zero-order valence-corrected chi connectivity index (χ0v) is 11.3. The predicted molar refractivity (Wildman–Crippen MR) is 73.6 cm³/mol. The van der Waals surface area contributed by atoms with E-state index in [1.54, 1.807) is 18.1 Å². The Morgan fingerprint density at radius 3 is 2.82 bits per heavy atom. The van der Waals surface area contributed by atoms with E-state index in [2.05, 4.69) is 54.1 Å². The summed E-state index contributed by atoms with van der Waals surface area (Å²) in [7, 11) is 4.17. The quantitative estimate of drug-likeness (QED) is 0.613. The van der Waals surface area contributed by atoms with Gasteiger partial charge in [0.25, 0.3) is 0 Å². The first-order chi connectivity index (χ1) is 8.16. The van der Waals surface area contributed by atoms with Crippen molar-refractivity contribution in [2.24, 2.45) is 0 Å². The van der Waals surface area contributed by atoms with E-state index in [0.717, 1.165) is 28.2 Å². The minimum absolute atomic E-state index is 1.03. The van der Waals surface area contributed by atoms with E-state index >= 15 is 0 Å². The Morgan fingerprint density at radius 2 is 2.06 bits per heavy atom. The maximum atomic E-state index is 4.38. The number of rotatable bonds is 4. The summed E-state index contributed by atoms with van der Waals surface area (Å²) < 4.78 is 0. The molecule has 0 radical (unpaired) electrons. The Hall–Kier alpha value is -1.13. The third-order valence-electron chi connectivity index (χ3n) is 2.53. The smallest absolute Gasteiger partial charge is 0.117 e. The third kappa shape index (κ3) is 3.17. The molecule has 0 fully saturated rings. The van der Waals surface area contributed by atoms with Crippen LogP contribution in [0.15, 0.2) is 29.6 Å². The summed E-state index contributed by atoms with van der Waals surface area (Å²) in [6.45, 7) is 3.16. The molecule has 1 aromatic carbocycles. The lowest BCUT2D eigenvalue weighted by Crippen LogP contribution is -2.14. The molecule has 0 saturated carbocycles. The largest absolute Gasteiger partial charge is 0.309 e. The number of nitrogens with zero attached hydrogens (tertiary/aromatic N) is 3. The number of fused-ring (bicyclic) bond motifs is 1. The molecule has 0 atom stereocenters. The SMILES string of the molecule is Cc1ccc2ncnc(SCCN(C)C)c2c1. The van der Waals surface area contributed by atoms with Crippen molar-refractivity contribution in [2.75, 3.05) is 26.4 Å². The van der Waals surface area contributed by atoms with Gasteiger partial charge in [-0.1, -0.05) is 11.6 Å². The van der Waals surface area contributed by atoms with E-state index in [-0.39, 0.29) is 0 Å². The van der Waals surface area contributed by atoms with Gasteiger partial charge >= 0.3 is 0 Å². The number of aryl methyl sites for hydroxylation is 1. The fraction of sp³-hybridized carbons (Fsp3) is 0.385. The van der Waals surface area contributed by atoms with Crippen molar-refractivity contribution in [1.82, 2.24) is 14.9 Å². The standard InChI is InChI=1S/C13H17N3S/c1-10-4-5-12-11(8-10)13(15-9-14-12)17-7-6-16(2)3/h4-5,8-9H,6-7H2,1-3H3. The van der Waals surface area contributed by atoms with Crippen molar-refractivity contribution in [3.05, 3.63) is 30.1 Å². The van der Waals surface area contributed by atoms with Crippen LogP contribution < -0.4 is 0 Å². The fourth-order valence-electron chi connectivity index (χ4n) is 1.59. The highest BCUT2D eigenvalue weighted by atomic mass is 32.2. The van der Waals surface area contributed by atoms with Crippen molar-refractivity contribution in [3.63, 3.8) is 0 Å². The first kappa shape index (κ1) is 12.3. The Morgan fingerprint density at radius 1 is 1.24 bits per heavy atom. The maximum Gasteiger partial charge on any atom is 0.117 e. The van der Waals surface area contributed by atoms with Gasteiger partial charge in [-0.3, -0.25) is 0 Å². The minimum Gasteiger partial charge on any atom is -0.309 e. The van der Waals surface area contributed by atoms with Gasteiger partial charge in [0.15, 0.2) is 0 Å². The normalized spacial score (nSPS) is 11.3. The van der Waals surface area contributed by atoms with Crippen LogP contribution in [0.3, 0.4) is 0 Å². The summed E-state index contributed by atoms with van der Waals surface area (Å²) in [5.41, 5.74) is 2.28. The van der Waals surface area contributed by atoms with E-state index in [1.165, 1.54) is 5.56 Å². The minimum atomic E-state index is 1.03. The molecule has 0 bridgehead atoms. The van der Waals surface area contributed by atoms with Gasteiger partial charge in [-0.2, -0.15) is 0 Å². The van der Waals surface area contributed by atoms with E-state index < -0.39 is 0 Å². The average Bonchev–Trinajstić information content (AvgIpc) is 2.29. The molecule has 0 spiro atoms. The molecule has 0 unspecified atom stereocenters. The molecule has 90 valence electrons. The van der Waals surface area contributed by atoms with Crippen molar-refractivity contribution < 1.29 is 0 Å². The second-order valence-electron chi connectivity index (χ2n) is 4.35. The lowest BCUT2D eigenvalue weighted by atomic mass is 10.2. The topological polar surface area (TPSA) is 29.0 Å². The van der Waals surface area contributed by atoms with Gasteiger partial charge in [-0.25, -0.2) is 9.97 Å². The second-order valence-corrected chi connectivity index (χ2v) is 5.43. The highest BCUT2D eigenvalue weighted by Crippen LogP contribution is 2.24. The molecule has 0 aliphatic rings. The van der Waals surface area contributed by atoms with Crippen molar-refractivity contribution in [3.8, 4) is 0 Å². The molecular formula is C13H17N3S. The molecule has 4 heteroatoms. The fourth-order valence-corrected chi connectivity index (χ4v) is 2.68. The van der Waals surface area contributed by atoms with Crippen LogP contribution in [-0.4, -0.2) is 41.3 Å². The first-order valence-electron chi connectivity index (χ1n) is 5.66. The molecule has 0 aliphatic carbocycles. The summed E-state index contributed by atoms with van der Waals surface area (Å²) in [6.07, 6.45) is 1.65. The first-order valence-corrected chi connectivity index (χ1v) is 6.64.